The molecule has 0 saturated heterocycles. The zero-order valence-electron chi connectivity index (χ0n) is 11.8. The smallest absolute Gasteiger partial charge is 0.178 e. The van der Waals surface area contributed by atoms with Crippen LogP contribution in [0.1, 0.15) is 27.2 Å². The van der Waals surface area contributed by atoms with Gasteiger partial charge in [-0.3, -0.25) is 0 Å². The van der Waals surface area contributed by atoms with Gasteiger partial charge in [0.05, 0.1) is 10.6 Å². The number of sulfone groups is 1. The van der Waals surface area contributed by atoms with Gasteiger partial charge < -0.3 is 5.32 Å². The van der Waals surface area contributed by atoms with Crippen LogP contribution in [0.5, 0.6) is 0 Å². The average Bonchev–Trinajstić information content (AvgIpc) is 2.39. The first-order valence-electron chi connectivity index (χ1n) is 6.66. The van der Waals surface area contributed by atoms with Crippen molar-refractivity contribution in [1.82, 2.24) is 0 Å². The largest absolute Gasteiger partial charge is 0.383 e. The molecule has 1 aromatic rings. The van der Waals surface area contributed by atoms with E-state index in [9.17, 15) is 8.42 Å². The van der Waals surface area contributed by atoms with Crippen LogP contribution in [0.4, 0.5) is 5.69 Å². The van der Waals surface area contributed by atoms with Crippen molar-refractivity contribution in [3.8, 4) is 0 Å². The molecule has 0 saturated carbocycles. The van der Waals surface area contributed by atoms with E-state index in [4.69, 9.17) is 0 Å². The Kier molecular flexibility index (Phi) is 6.72. The second kappa shape index (κ2) is 7.80. The molecule has 1 atom stereocenters. The topological polar surface area (TPSA) is 46.2 Å². The molecule has 0 bridgehead atoms. The molecule has 5 heteroatoms. The van der Waals surface area contributed by atoms with Crippen molar-refractivity contribution in [2.45, 2.75) is 38.1 Å². The monoisotopic (exact) mass is 301 g/mol. The number of thioether (sulfide) groups is 1. The summed E-state index contributed by atoms with van der Waals surface area (Å²) in [5.41, 5.74) is 0.976. The minimum Gasteiger partial charge on any atom is -0.383 e. The first-order valence-corrected chi connectivity index (χ1v) is 9.47. The highest BCUT2D eigenvalue weighted by atomic mass is 32.2. The number of anilines is 1. The molecular weight excluding hydrogens is 278 g/mol. The van der Waals surface area contributed by atoms with Crippen LogP contribution in [0.3, 0.4) is 0 Å². The van der Waals surface area contributed by atoms with Crippen LogP contribution >= 0.6 is 11.8 Å². The first kappa shape index (κ1) is 16.4. The lowest BCUT2D eigenvalue weighted by Crippen LogP contribution is -2.16. The Morgan fingerprint density at radius 1 is 1.21 bits per heavy atom. The van der Waals surface area contributed by atoms with Gasteiger partial charge in [0.2, 0.25) is 0 Å². The molecule has 0 aromatic heterocycles. The second-order valence-electron chi connectivity index (χ2n) is 4.46. The molecule has 0 amide bonds. The van der Waals surface area contributed by atoms with Crippen LogP contribution in [-0.2, 0) is 9.84 Å². The Hall–Kier alpha value is -0.680. The van der Waals surface area contributed by atoms with Crippen LogP contribution in [-0.4, -0.2) is 31.7 Å². The molecule has 1 unspecified atom stereocenters. The Bertz CT molecular complexity index is 469. The summed E-state index contributed by atoms with van der Waals surface area (Å²) in [6.45, 7) is 5.97. The zero-order valence-corrected chi connectivity index (χ0v) is 13.5. The number of hydrogen-bond acceptors (Lipinski definition) is 4. The number of benzene rings is 1. The highest BCUT2D eigenvalue weighted by Crippen LogP contribution is 2.17. The van der Waals surface area contributed by atoms with Crippen LogP contribution in [0.15, 0.2) is 29.2 Å². The minimum atomic E-state index is -3.09. The molecule has 0 aliphatic carbocycles. The van der Waals surface area contributed by atoms with Crippen molar-refractivity contribution in [2.75, 3.05) is 22.6 Å². The van der Waals surface area contributed by atoms with Crippen LogP contribution in [0, 0.1) is 0 Å². The fourth-order valence-electron chi connectivity index (χ4n) is 1.69. The predicted molar refractivity (Wildman–Crippen MR) is 84.9 cm³/mol. The van der Waals surface area contributed by atoms with Gasteiger partial charge in [0.1, 0.15) is 0 Å². The molecule has 1 rings (SSSR count). The summed E-state index contributed by atoms with van der Waals surface area (Å²) < 4.78 is 23.4. The molecular formula is C14H23NO2S2. The summed E-state index contributed by atoms with van der Waals surface area (Å²) in [6.07, 6.45) is 1.10. The third-order valence-electron chi connectivity index (χ3n) is 2.91. The number of hydrogen-bond donors (Lipinski definition) is 1. The van der Waals surface area contributed by atoms with E-state index >= 15 is 0 Å². The van der Waals surface area contributed by atoms with E-state index < -0.39 is 9.84 Å². The van der Waals surface area contributed by atoms with Gasteiger partial charge in [-0.2, -0.15) is 11.8 Å². The van der Waals surface area contributed by atoms with Crippen LogP contribution in [0.2, 0.25) is 0 Å². The maximum absolute atomic E-state index is 11.7. The fraction of sp³-hybridized carbons (Fsp3) is 0.571. The van der Waals surface area contributed by atoms with Gasteiger partial charge in [0.15, 0.2) is 9.84 Å². The Morgan fingerprint density at radius 3 is 2.37 bits per heavy atom. The first-order chi connectivity index (χ1) is 8.99. The summed E-state index contributed by atoms with van der Waals surface area (Å²) in [4.78, 5) is 0.398. The van der Waals surface area contributed by atoms with Crippen molar-refractivity contribution < 1.29 is 8.42 Å². The normalized spacial score (nSPS) is 13.2. The van der Waals surface area contributed by atoms with Gasteiger partial charge in [-0.25, -0.2) is 8.42 Å². The van der Waals surface area contributed by atoms with Crippen molar-refractivity contribution in [1.29, 1.82) is 0 Å². The summed E-state index contributed by atoms with van der Waals surface area (Å²) in [5, 5.41) is 3.39. The van der Waals surface area contributed by atoms with E-state index in [2.05, 4.69) is 19.2 Å². The maximum atomic E-state index is 11.7. The van der Waals surface area contributed by atoms with E-state index in [1.54, 1.807) is 19.1 Å². The lowest BCUT2D eigenvalue weighted by Gasteiger charge is -2.15. The lowest BCUT2D eigenvalue weighted by molar-refractivity contribution is 0.597. The zero-order chi connectivity index (χ0) is 14.3. The summed E-state index contributed by atoms with van der Waals surface area (Å²) in [7, 11) is -3.09. The van der Waals surface area contributed by atoms with Gasteiger partial charge in [-0.1, -0.05) is 13.8 Å². The van der Waals surface area contributed by atoms with Gasteiger partial charge >= 0.3 is 0 Å². The molecule has 0 aliphatic rings. The van der Waals surface area contributed by atoms with E-state index in [0.717, 1.165) is 23.6 Å². The SMILES string of the molecule is CCSCCC(C)Nc1ccc(S(=O)(=O)CC)cc1. The predicted octanol–water partition coefficient (Wildman–Crippen LogP) is 3.42. The lowest BCUT2D eigenvalue weighted by atomic mass is 10.2. The van der Waals surface area contributed by atoms with E-state index in [1.165, 1.54) is 0 Å². The van der Waals surface area contributed by atoms with E-state index in [0.29, 0.717) is 10.9 Å². The molecule has 1 aromatic carbocycles. The highest BCUT2D eigenvalue weighted by molar-refractivity contribution is 7.99. The number of rotatable bonds is 8. The van der Waals surface area contributed by atoms with Crippen molar-refractivity contribution in [3.05, 3.63) is 24.3 Å². The molecule has 19 heavy (non-hydrogen) atoms. The van der Waals surface area contributed by atoms with Gasteiger partial charge in [-0.05, 0) is 49.1 Å². The van der Waals surface area contributed by atoms with Crippen LogP contribution in [0.25, 0.3) is 0 Å². The molecule has 0 aliphatic heterocycles. The second-order valence-corrected chi connectivity index (χ2v) is 8.13. The van der Waals surface area contributed by atoms with Gasteiger partial charge in [-0.15, -0.1) is 0 Å². The molecule has 108 valence electrons. The van der Waals surface area contributed by atoms with Crippen molar-refractivity contribution in [3.63, 3.8) is 0 Å². The Balaban J connectivity index is 2.57. The maximum Gasteiger partial charge on any atom is 0.178 e. The molecule has 3 nitrogen and oxygen atoms in total. The quantitative estimate of drug-likeness (QED) is 0.747. The van der Waals surface area contributed by atoms with E-state index in [-0.39, 0.29) is 5.75 Å². The van der Waals surface area contributed by atoms with Crippen molar-refractivity contribution in [2.24, 2.45) is 0 Å². The third kappa shape index (κ3) is 5.45. The molecule has 0 spiro atoms. The van der Waals surface area contributed by atoms with Crippen molar-refractivity contribution >= 4 is 27.3 Å². The summed E-state index contributed by atoms with van der Waals surface area (Å²) in [5.74, 6) is 2.44. The fourth-order valence-corrected chi connectivity index (χ4v) is 3.38. The molecule has 0 radical (unpaired) electrons. The van der Waals surface area contributed by atoms with Gasteiger partial charge in [0.25, 0.3) is 0 Å². The molecule has 0 heterocycles. The van der Waals surface area contributed by atoms with Gasteiger partial charge in [0, 0.05) is 11.7 Å². The number of nitrogens with one attached hydrogen (secondary N) is 1. The molecule has 1 N–H and O–H groups in total. The standard InChI is InChI=1S/C14H23NO2S2/c1-4-18-11-10-12(3)15-13-6-8-14(9-7-13)19(16,17)5-2/h6-9,12,15H,4-5,10-11H2,1-3H3. The highest BCUT2D eigenvalue weighted by Gasteiger charge is 2.11. The van der Waals surface area contributed by atoms with Crippen LogP contribution < -0.4 is 5.32 Å². The summed E-state index contributed by atoms with van der Waals surface area (Å²) in [6, 6.07) is 7.43. The Labute approximate surface area is 121 Å². The average molecular weight is 301 g/mol. The summed E-state index contributed by atoms with van der Waals surface area (Å²) >= 11 is 1.94. The molecule has 0 fully saturated rings. The Morgan fingerprint density at radius 2 is 1.84 bits per heavy atom. The third-order valence-corrected chi connectivity index (χ3v) is 5.59. The van der Waals surface area contributed by atoms with E-state index in [1.807, 2.05) is 23.9 Å². The minimum absolute atomic E-state index is 0.143.